The van der Waals surface area contributed by atoms with E-state index in [1.807, 2.05) is 0 Å². The van der Waals surface area contributed by atoms with Gasteiger partial charge in [0.05, 0.1) is 11.7 Å². The summed E-state index contributed by atoms with van der Waals surface area (Å²) < 4.78 is 12.9. The number of rotatable bonds is 0. The molecule has 2 heterocycles. The number of hydrogen-bond acceptors (Lipinski definition) is 2. The first-order chi connectivity index (χ1) is 6.18. The van der Waals surface area contributed by atoms with Crippen LogP contribution in [0.4, 0.5) is 4.39 Å². The Bertz CT molecular complexity index is 468. The molecule has 66 valence electrons. The van der Waals surface area contributed by atoms with Gasteiger partial charge >= 0.3 is 0 Å². The maximum Gasteiger partial charge on any atom is 0.162 e. The predicted molar refractivity (Wildman–Crippen MR) is 49.5 cm³/mol. The maximum absolute atomic E-state index is 12.9. The van der Waals surface area contributed by atoms with Crippen LogP contribution in [0.25, 0.3) is 11.0 Å². The van der Waals surface area contributed by atoms with Crippen molar-refractivity contribution in [3.05, 3.63) is 34.3 Å². The van der Waals surface area contributed by atoms with E-state index in [-0.39, 0.29) is 15.7 Å². The summed E-state index contributed by atoms with van der Waals surface area (Å²) in [5, 5.41) is 0.217. The first kappa shape index (κ1) is 8.66. The summed E-state index contributed by atoms with van der Waals surface area (Å²) in [6.07, 6.45) is 1.06. The lowest BCUT2D eigenvalue weighted by atomic mass is 10.3. The van der Waals surface area contributed by atoms with Crippen LogP contribution in [0.1, 0.15) is 0 Å². The van der Waals surface area contributed by atoms with Gasteiger partial charge in [-0.3, -0.25) is 4.98 Å². The van der Waals surface area contributed by atoms with Crippen molar-refractivity contribution in [1.82, 2.24) is 9.97 Å². The van der Waals surface area contributed by atoms with E-state index in [4.69, 9.17) is 23.2 Å². The highest BCUT2D eigenvalue weighted by Crippen LogP contribution is 2.23. The van der Waals surface area contributed by atoms with Crippen molar-refractivity contribution in [3.63, 3.8) is 0 Å². The second-order valence-electron chi connectivity index (χ2n) is 2.42. The molecular weight excluding hydrogens is 214 g/mol. The number of pyridine rings is 2. The Labute approximate surface area is 83.3 Å². The molecular formula is C8H3Cl2FN2. The van der Waals surface area contributed by atoms with Crippen LogP contribution in [0.2, 0.25) is 10.2 Å². The van der Waals surface area contributed by atoms with Crippen LogP contribution in [0.15, 0.2) is 18.3 Å². The van der Waals surface area contributed by atoms with E-state index in [1.54, 1.807) is 12.1 Å². The van der Waals surface area contributed by atoms with Crippen LogP contribution in [0.5, 0.6) is 0 Å². The average molecular weight is 217 g/mol. The van der Waals surface area contributed by atoms with Crippen molar-refractivity contribution in [2.24, 2.45) is 0 Å². The molecule has 0 bridgehead atoms. The van der Waals surface area contributed by atoms with E-state index in [0.29, 0.717) is 5.52 Å². The Balaban J connectivity index is 2.89. The minimum Gasteiger partial charge on any atom is -0.251 e. The Morgan fingerprint density at radius 3 is 2.77 bits per heavy atom. The van der Waals surface area contributed by atoms with Gasteiger partial charge in [-0.1, -0.05) is 23.2 Å². The zero-order chi connectivity index (χ0) is 9.42. The Morgan fingerprint density at radius 1 is 1.23 bits per heavy atom. The number of fused-ring (bicyclic) bond motifs is 1. The first-order valence-electron chi connectivity index (χ1n) is 3.45. The van der Waals surface area contributed by atoms with Gasteiger partial charge in [-0.25, -0.2) is 9.37 Å². The zero-order valence-electron chi connectivity index (χ0n) is 6.26. The molecule has 5 heteroatoms. The fourth-order valence-electron chi connectivity index (χ4n) is 0.990. The maximum atomic E-state index is 12.9. The van der Waals surface area contributed by atoms with Gasteiger partial charge in [-0.2, -0.15) is 0 Å². The molecule has 0 fully saturated rings. The van der Waals surface area contributed by atoms with Crippen LogP contribution >= 0.6 is 23.2 Å². The van der Waals surface area contributed by atoms with Crippen molar-refractivity contribution in [1.29, 1.82) is 0 Å². The molecule has 0 aromatic carbocycles. The third-order valence-corrected chi connectivity index (χ3v) is 2.14. The summed E-state index contributed by atoms with van der Waals surface area (Å²) in [5.74, 6) is -0.594. The minimum atomic E-state index is -0.594. The first-order valence-corrected chi connectivity index (χ1v) is 4.20. The summed E-state index contributed by atoms with van der Waals surface area (Å²) in [6.45, 7) is 0. The number of halogens is 3. The zero-order valence-corrected chi connectivity index (χ0v) is 7.77. The highest BCUT2D eigenvalue weighted by atomic mass is 35.5. The molecule has 0 radical (unpaired) electrons. The molecule has 0 aliphatic carbocycles. The van der Waals surface area contributed by atoms with Crippen molar-refractivity contribution < 1.29 is 4.39 Å². The topological polar surface area (TPSA) is 25.8 Å². The summed E-state index contributed by atoms with van der Waals surface area (Å²) >= 11 is 11.3. The highest BCUT2D eigenvalue weighted by molar-refractivity contribution is 6.35. The van der Waals surface area contributed by atoms with E-state index in [9.17, 15) is 4.39 Å². The molecule has 0 atom stereocenters. The van der Waals surface area contributed by atoms with Crippen LogP contribution in [-0.4, -0.2) is 9.97 Å². The van der Waals surface area contributed by atoms with Crippen molar-refractivity contribution in [2.75, 3.05) is 0 Å². The molecule has 0 N–H and O–H groups in total. The number of hydrogen-bond donors (Lipinski definition) is 0. The number of aromatic nitrogens is 2. The SMILES string of the molecule is Fc1cnc2ccc(Cl)nc2c1Cl. The summed E-state index contributed by atoms with van der Waals surface area (Å²) in [4.78, 5) is 7.67. The second-order valence-corrected chi connectivity index (χ2v) is 3.19. The fraction of sp³-hybridized carbons (Fsp3) is 0. The third-order valence-electron chi connectivity index (χ3n) is 1.57. The standard InChI is InChI=1S/C8H3Cl2FN2/c9-6-2-1-5-8(13-6)7(10)4(11)3-12-5/h1-3H. The van der Waals surface area contributed by atoms with E-state index in [1.165, 1.54) is 0 Å². The van der Waals surface area contributed by atoms with Gasteiger partial charge in [-0.05, 0) is 12.1 Å². The second kappa shape index (κ2) is 3.09. The Hall–Kier alpha value is -0.930. The molecule has 2 aromatic heterocycles. The monoisotopic (exact) mass is 216 g/mol. The Kier molecular flexibility index (Phi) is 2.06. The van der Waals surface area contributed by atoms with Gasteiger partial charge in [0.15, 0.2) is 5.82 Å². The van der Waals surface area contributed by atoms with Gasteiger partial charge in [0.25, 0.3) is 0 Å². The molecule has 0 saturated heterocycles. The lowest BCUT2D eigenvalue weighted by Gasteiger charge is -1.99. The van der Waals surface area contributed by atoms with Crippen LogP contribution in [-0.2, 0) is 0 Å². The van der Waals surface area contributed by atoms with Gasteiger partial charge in [0.2, 0.25) is 0 Å². The van der Waals surface area contributed by atoms with E-state index in [2.05, 4.69) is 9.97 Å². The molecule has 13 heavy (non-hydrogen) atoms. The lowest BCUT2D eigenvalue weighted by molar-refractivity contribution is 0.624. The van der Waals surface area contributed by atoms with Crippen molar-refractivity contribution in [3.8, 4) is 0 Å². The minimum absolute atomic E-state index is 0.0486. The molecule has 2 rings (SSSR count). The predicted octanol–water partition coefficient (Wildman–Crippen LogP) is 3.08. The van der Waals surface area contributed by atoms with E-state index < -0.39 is 5.82 Å². The molecule has 0 aliphatic heterocycles. The molecule has 0 unspecified atom stereocenters. The smallest absolute Gasteiger partial charge is 0.162 e. The van der Waals surface area contributed by atoms with Gasteiger partial charge in [-0.15, -0.1) is 0 Å². The lowest BCUT2D eigenvalue weighted by Crippen LogP contribution is -1.87. The summed E-state index contributed by atoms with van der Waals surface area (Å²) in [7, 11) is 0. The summed E-state index contributed by atoms with van der Waals surface area (Å²) in [6, 6.07) is 3.21. The molecule has 0 saturated carbocycles. The van der Waals surface area contributed by atoms with Crippen molar-refractivity contribution >= 4 is 34.2 Å². The largest absolute Gasteiger partial charge is 0.251 e. The van der Waals surface area contributed by atoms with Gasteiger partial charge < -0.3 is 0 Å². The molecule has 0 amide bonds. The normalized spacial score (nSPS) is 10.7. The summed E-state index contributed by atoms with van der Waals surface area (Å²) in [5.41, 5.74) is 0.810. The van der Waals surface area contributed by atoms with Crippen molar-refractivity contribution in [2.45, 2.75) is 0 Å². The van der Waals surface area contributed by atoms with Gasteiger partial charge in [0, 0.05) is 0 Å². The van der Waals surface area contributed by atoms with Crippen LogP contribution < -0.4 is 0 Å². The Morgan fingerprint density at radius 2 is 2.00 bits per heavy atom. The van der Waals surface area contributed by atoms with Gasteiger partial charge in [0.1, 0.15) is 15.7 Å². The van der Waals surface area contributed by atoms with Crippen LogP contribution in [0, 0.1) is 5.82 Å². The molecule has 2 nitrogen and oxygen atoms in total. The molecule has 0 spiro atoms. The van der Waals surface area contributed by atoms with E-state index >= 15 is 0 Å². The quantitative estimate of drug-likeness (QED) is 0.633. The molecule has 2 aromatic rings. The van der Waals surface area contributed by atoms with Crippen LogP contribution in [0.3, 0.4) is 0 Å². The van der Waals surface area contributed by atoms with E-state index in [0.717, 1.165) is 6.20 Å². The highest BCUT2D eigenvalue weighted by Gasteiger charge is 2.07. The fourth-order valence-corrected chi connectivity index (χ4v) is 1.33. The number of nitrogens with zero attached hydrogens (tertiary/aromatic N) is 2. The third kappa shape index (κ3) is 1.45. The molecule has 0 aliphatic rings. The average Bonchev–Trinajstić information content (AvgIpc) is 2.12.